The zero-order chi connectivity index (χ0) is 22.1. The van der Waals surface area contributed by atoms with E-state index in [1.165, 1.54) is 16.4 Å². The van der Waals surface area contributed by atoms with Crippen molar-refractivity contribution < 1.29 is 0 Å². The van der Waals surface area contributed by atoms with Gasteiger partial charge in [-0.25, -0.2) is 4.98 Å². The van der Waals surface area contributed by atoms with Gasteiger partial charge in [0.05, 0.1) is 28.7 Å². The average Bonchev–Trinajstić information content (AvgIpc) is 2.82. The van der Waals surface area contributed by atoms with Crippen LogP contribution in [0.5, 0.6) is 0 Å². The van der Waals surface area contributed by atoms with Gasteiger partial charge in [-0.15, -0.1) is 5.10 Å². The van der Waals surface area contributed by atoms with Crippen LogP contribution in [0.25, 0.3) is 21.8 Å². The van der Waals surface area contributed by atoms with Crippen LogP contribution >= 0.6 is 11.8 Å². The van der Waals surface area contributed by atoms with Crippen molar-refractivity contribution in [3.8, 4) is 0 Å². The van der Waals surface area contributed by atoms with E-state index < -0.39 is 0 Å². The number of aryl methyl sites for hydroxylation is 1. The molecular weight excluding hydrogens is 422 g/mol. The molecule has 0 atom stereocenters. The molecule has 0 aliphatic rings. The first-order chi connectivity index (χ1) is 15.6. The van der Waals surface area contributed by atoms with Crippen LogP contribution in [0.1, 0.15) is 11.1 Å². The molecule has 0 unspecified atom stereocenters. The van der Waals surface area contributed by atoms with E-state index in [4.69, 9.17) is 4.98 Å². The Morgan fingerprint density at radius 3 is 2.22 bits per heavy atom. The van der Waals surface area contributed by atoms with Crippen molar-refractivity contribution in [3.05, 3.63) is 105 Å². The van der Waals surface area contributed by atoms with Crippen LogP contribution in [0, 0.1) is 6.92 Å². The second-order valence-electron chi connectivity index (χ2n) is 7.47. The number of aromatic nitrogens is 5. The molecule has 0 saturated carbocycles. The van der Waals surface area contributed by atoms with Crippen molar-refractivity contribution in [2.45, 2.75) is 24.5 Å². The summed E-state index contributed by atoms with van der Waals surface area (Å²) in [6, 6.07) is 22.4. The Bertz CT molecular complexity index is 1560. The quantitative estimate of drug-likeness (QED) is 0.306. The average molecular weight is 442 g/mol. The number of hydrogen-bond donors (Lipinski definition) is 0. The first-order valence-corrected chi connectivity index (χ1v) is 11.1. The highest BCUT2D eigenvalue weighted by Gasteiger charge is 2.14. The standard InChI is InChI=1S/C24H19N5O2S/c1-16-10-12-17(13-11-16)14-28-22(30)18-6-2-4-8-20(18)25-24(28)32-15-29-23(31)19-7-3-5-9-21(19)26-27-29/h2-13H,14-15H2,1H3. The van der Waals surface area contributed by atoms with Gasteiger partial charge < -0.3 is 0 Å². The largest absolute Gasteiger partial charge is 0.283 e. The summed E-state index contributed by atoms with van der Waals surface area (Å²) < 4.78 is 2.95. The van der Waals surface area contributed by atoms with Gasteiger partial charge in [-0.1, -0.05) is 71.1 Å². The monoisotopic (exact) mass is 441 g/mol. The van der Waals surface area contributed by atoms with E-state index in [1.807, 2.05) is 55.5 Å². The summed E-state index contributed by atoms with van der Waals surface area (Å²) in [4.78, 5) is 30.8. The van der Waals surface area contributed by atoms with Crippen molar-refractivity contribution in [1.82, 2.24) is 24.5 Å². The molecule has 2 heterocycles. The minimum absolute atomic E-state index is 0.115. The molecule has 3 aromatic carbocycles. The Kier molecular flexibility index (Phi) is 5.28. The SMILES string of the molecule is Cc1ccc(Cn2c(SCn3nnc4ccccc4c3=O)nc3ccccc3c2=O)cc1. The number of nitrogens with zero attached hydrogens (tertiary/aromatic N) is 5. The lowest BCUT2D eigenvalue weighted by atomic mass is 10.1. The summed E-state index contributed by atoms with van der Waals surface area (Å²) in [7, 11) is 0. The molecule has 5 aromatic rings. The Labute approximate surface area is 187 Å². The minimum Gasteiger partial charge on any atom is -0.283 e. The molecule has 0 radical (unpaired) electrons. The molecule has 7 nitrogen and oxygen atoms in total. The maximum atomic E-state index is 13.3. The summed E-state index contributed by atoms with van der Waals surface area (Å²) in [5, 5.41) is 9.77. The van der Waals surface area contributed by atoms with Gasteiger partial charge in [0, 0.05) is 0 Å². The molecule has 0 spiro atoms. The van der Waals surface area contributed by atoms with Crippen LogP contribution in [0.4, 0.5) is 0 Å². The summed E-state index contributed by atoms with van der Waals surface area (Å²) in [6.07, 6.45) is 0. The highest BCUT2D eigenvalue weighted by atomic mass is 32.2. The van der Waals surface area contributed by atoms with E-state index in [2.05, 4.69) is 10.3 Å². The van der Waals surface area contributed by atoms with Crippen molar-refractivity contribution in [1.29, 1.82) is 0 Å². The number of benzene rings is 3. The third-order valence-corrected chi connectivity index (χ3v) is 6.18. The summed E-state index contributed by atoms with van der Waals surface area (Å²) in [5.41, 5.74) is 2.99. The normalized spacial score (nSPS) is 11.3. The lowest BCUT2D eigenvalue weighted by Crippen LogP contribution is -2.26. The zero-order valence-electron chi connectivity index (χ0n) is 17.3. The van der Waals surface area contributed by atoms with E-state index in [-0.39, 0.29) is 17.0 Å². The molecule has 0 amide bonds. The van der Waals surface area contributed by atoms with E-state index in [0.29, 0.717) is 33.5 Å². The fraction of sp³-hybridized carbons (Fsp3) is 0.125. The van der Waals surface area contributed by atoms with Gasteiger partial charge in [0.15, 0.2) is 5.16 Å². The summed E-state index contributed by atoms with van der Waals surface area (Å²) in [5.74, 6) is 0.190. The third kappa shape index (κ3) is 3.80. The predicted octanol–water partition coefficient (Wildman–Crippen LogP) is 3.61. The minimum atomic E-state index is -0.226. The van der Waals surface area contributed by atoms with Gasteiger partial charge in [0.1, 0.15) is 5.52 Å². The highest BCUT2D eigenvalue weighted by molar-refractivity contribution is 7.98. The fourth-order valence-corrected chi connectivity index (χ4v) is 4.37. The van der Waals surface area contributed by atoms with Gasteiger partial charge in [0.25, 0.3) is 11.1 Å². The number of thioether (sulfide) groups is 1. The maximum Gasteiger partial charge on any atom is 0.278 e. The smallest absolute Gasteiger partial charge is 0.278 e. The second-order valence-corrected chi connectivity index (χ2v) is 8.39. The molecule has 0 bridgehead atoms. The molecule has 0 aliphatic carbocycles. The first-order valence-electron chi connectivity index (χ1n) is 10.1. The van der Waals surface area contributed by atoms with Crippen LogP contribution in [-0.4, -0.2) is 24.5 Å². The molecule has 0 saturated heterocycles. The predicted molar refractivity (Wildman–Crippen MR) is 126 cm³/mol. The lowest BCUT2D eigenvalue weighted by Gasteiger charge is -2.13. The summed E-state index contributed by atoms with van der Waals surface area (Å²) in [6.45, 7) is 2.41. The van der Waals surface area contributed by atoms with Crippen LogP contribution in [0.3, 0.4) is 0 Å². The molecule has 158 valence electrons. The molecule has 2 aromatic heterocycles. The van der Waals surface area contributed by atoms with Gasteiger partial charge in [-0.3, -0.25) is 14.2 Å². The second kappa shape index (κ2) is 8.39. The van der Waals surface area contributed by atoms with Crippen molar-refractivity contribution in [2.24, 2.45) is 0 Å². The Balaban J connectivity index is 1.55. The van der Waals surface area contributed by atoms with Gasteiger partial charge >= 0.3 is 0 Å². The molecule has 0 N–H and O–H groups in total. The molecule has 5 rings (SSSR count). The Morgan fingerprint density at radius 1 is 0.812 bits per heavy atom. The van der Waals surface area contributed by atoms with Crippen LogP contribution in [0.15, 0.2) is 87.5 Å². The van der Waals surface area contributed by atoms with E-state index in [1.54, 1.807) is 28.8 Å². The maximum absolute atomic E-state index is 13.3. The molecular formula is C24H19N5O2S. The third-order valence-electron chi connectivity index (χ3n) is 5.23. The Morgan fingerprint density at radius 2 is 1.47 bits per heavy atom. The van der Waals surface area contributed by atoms with E-state index in [0.717, 1.165) is 11.1 Å². The Hall–Kier alpha value is -3.78. The van der Waals surface area contributed by atoms with Crippen LogP contribution in [0.2, 0.25) is 0 Å². The van der Waals surface area contributed by atoms with Crippen molar-refractivity contribution in [3.63, 3.8) is 0 Å². The van der Waals surface area contributed by atoms with E-state index >= 15 is 0 Å². The van der Waals surface area contributed by atoms with E-state index in [9.17, 15) is 9.59 Å². The van der Waals surface area contributed by atoms with Gasteiger partial charge in [-0.05, 0) is 36.8 Å². The lowest BCUT2D eigenvalue weighted by molar-refractivity contribution is 0.630. The van der Waals surface area contributed by atoms with Gasteiger partial charge in [0.2, 0.25) is 0 Å². The fourth-order valence-electron chi connectivity index (χ4n) is 3.50. The number of fused-ring (bicyclic) bond motifs is 2. The van der Waals surface area contributed by atoms with Crippen molar-refractivity contribution in [2.75, 3.05) is 0 Å². The molecule has 8 heteroatoms. The van der Waals surface area contributed by atoms with Gasteiger partial charge in [-0.2, -0.15) is 4.68 Å². The zero-order valence-corrected chi connectivity index (χ0v) is 18.1. The number of hydrogen-bond acceptors (Lipinski definition) is 6. The number of rotatable bonds is 5. The van der Waals surface area contributed by atoms with Crippen LogP contribution in [-0.2, 0) is 12.4 Å². The topological polar surface area (TPSA) is 82.7 Å². The first kappa shape index (κ1) is 20.1. The highest BCUT2D eigenvalue weighted by Crippen LogP contribution is 2.20. The number of para-hydroxylation sites is 1. The molecule has 0 aliphatic heterocycles. The summed E-state index contributed by atoms with van der Waals surface area (Å²) >= 11 is 1.29. The molecule has 0 fully saturated rings. The van der Waals surface area contributed by atoms with Crippen molar-refractivity contribution >= 4 is 33.6 Å². The molecule has 32 heavy (non-hydrogen) atoms. The van der Waals surface area contributed by atoms with Crippen LogP contribution < -0.4 is 11.1 Å².